The third-order valence-electron chi connectivity index (χ3n) is 2.64. The van der Waals surface area contributed by atoms with E-state index in [2.05, 4.69) is 4.98 Å². The molecule has 0 N–H and O–H groups in total. The van der Waals surface area contributed by atoms with Crippen LogP contribution in [0.5, 0.6) is 0 Å². The number of esters is 1. The second kappa shape index (κ2) is 6.15. The fourth-order valence-electron chi connectivity index (χ4n) is 1.75. The van der Waals surface area contributed by atoms with E-state index >= 15 is 0 Å². The van der Waals surface area contributed by atoms with Crippen molar-refractivity contribution in [2.45, 2.75) is 13.8 Å². The number of thiophene rings is 1. The first-order valence-corrected chi connectivity index (χ1v) is 7.12. The Morgan fingerprint density at radius 3 is 2.75 bits per heavy atom. The van der Waals surface area contributed by atoms with E-state index in [1.54, 1.807) is 37.4 Å². The summed E-state index contributed by atoms with van der Waals surface area (Å²) in [6, 6.07) is 5.20. The summed E-state index contributed by atoms with van der Waals surface area (Å²) >= 11 is 7.26. The van der Waals surface area contributed by atoms with Gasteiger partial charge in [0.2, 0.25) is 5.78 Å². The lowest BCUT2D eigenvalue weighted by atomic mass is 10.1. The lowest BCUT2D eigenvalue weighted by Crippen LogP contribution is -2.15. The third-order valence-corrected chi connectivity index (χ3v) is 3.82. The van der Waals surface area contributed by atoms with Gasteiger partial charge in [0.1, 0.15) is 5.15 Å². The summed E-state index contributed by atoms with van der Waals surface area (Å²) in [5.74, 6) is -0.868. The monoisotopic (exact) mass is 309 g/mol. The van der Waals surface area contributed by atoms with Gasteiger partial charge in [-0.15, -0.1) is 11.3 Å². The zero-order chi connectivity index (χ0) is 14.7. The van der Waals surface area contributed by atoms with E-state index in [1.165, 1.54) is 11.3 Å². The summed E-state index contributed by atoms with van der Waals surface area (Å²) in [5.41, 5.74) is 1.60. The van der Waals surface area contributed by atoms with Gasteiger partial charge < -0.3 is 4.74 Å². The molecule has 0 bridgehead atoms. The molecule has 0 fully saturated rings. The van der Waals surface area contributed by atoms with Gasteiger partial charge in [0, 0.05) is 5.69 Å². The summed E-state index contributed by atoms with van der Waals surface area (Å²) < 4.78 is 5.01. The summed E-state index contributed by atoms with van der Waals surface area (Å²) in [6.45, 7) is 3.23. The lowest BCUT2D eigenvalue weighted by molar-refractivity contribution is 0.0475. The van der Waals surface area contributed by atoms with Crippen molar-refractivity contribution in [1.82, 2.24) is 4.98 Å². The van der Waals surface area contributed by atoms with E-state index in [4.69, 9.17) is 16.3 Å². The molecular weight excluding hydrogens is 298 g/mol. The number of pyridine rings is 1. The smallest absolute Gasteiger partial charge is 0.342 e. The first kappa shape index (κ1) is 14.7. The van der Waals surface area contributed by atoms with Crippen LogP contribution in [0.4, 0.5) is 0 Å². The zero-order valence-corrected chi connectivity index (χ0v) is 12.5. The van der Waals surface area contributed by atoms with Crippen molar-refractivity contribution >= 4 is 34.7 Å². The fourth-order valence-corrected chi connectivity index (χ4v) is 2.76. The molecule has 0 spiro atoms. The molecule has 0 amide bonds. The standard InChI is InChI=1S/C14H12ClNO3S/c1-8-6-9(2)16-13(15)12(8)14(18)19-7-10(17)11-4-3-5-20-11/h3-6H,7H2,1-2H3. The van der Waals surface area contributed by atoms with E-state index in [0.717, 1.165) is 5.69 Å². The Bertz CT molecular complexity index is 629. The van der Waals surface area contributed by atoms with Crippen molar-refractivity contribution in [2.24, 2.45) is 0 Å². The molecular formula is C14H12ClNO3S. The summed E-state index contributed by atoms with van der Waals surface area (Å²) in [6.07, 6.45) is 0. The van der Waals surface area contributed by atoms with Crippen molar-refractivity contribution in [3.05, 3.63) is 50.4 Å². The minimum absolute atomic E-state index is 0.0936. The first-order valence-electron chi connectivity index (χ1n) is 5.86. The second-order valence-electron chi connectivity index (χ2n) is 4.22. The van der Waals surface area contributed by atoms with Crippen LogP contribution in [-0.2, 0) is 4.74 Å². The van der Waals surface area contributed by atoms with Crippen LogP contribution < -0.4 is 0 Å². The van der Waals surface area contributed by atoms with Crippen LogP contribution in [0.3, 0.4) is 0 Å². The van der Waals surface area contributed by atoms with E-state index in [1.807, 2.05) is 0 Å². The van der Waals surface area contributed by atoms with E-state index < -0.39 is 5.97 Å². The van der Waals surface area contributed by atoms with Crippen molar-refractivity contribution in [1.29, 1.82) is 0 Å². The molecule has 0 aromatic carbocycles. The van der Waals surface area contributed by atoms with Crippen LogP contribution in [0, 0.1) is 13.8 Å². The Balaban J connectivity index is 2.08. The zero-order valence-electron chi connectivity index (χ0n) is 11.0. The van der Waals surface area contributed by atoms with Gasteiger partial charge in [-0.2, -0.15) is 0 Å². The molecule has 0 saturated heterocycles. The highest BCUT2D eigenvalue weighted by Gasteiger charge is 2.18. The highest BCUT2D eigenvalue weighted by Crippen LogP contribution is 2.20. The molecule has 0 aliphatic carbocycles. The minimum Gasteiger partial charge on any atom is -0.454 e. The summed E-state index contributed by atoms with van der Waals surface area (Å²) in [5, 5.41) is 1.89. The number of halogens is 1. The molecule has 2 rings (SSSR count). The highest BCUT2D eigenvalue weighted by molar-refractivity contribution is 7.12. The Hall–Kier alpha value is -1.72. The highest BCUT2D eigenvalue weighted by atomic mass is 35.5. The molecule has 20 heavy (non-hydrogen) atoms. The van der Waals surface area contributed by atoms with Crippen LogP contribution in [0.15, 0.2) is 23.6 Å². The largest absolute Gasteiger partial charge is 0.454 e. The Kier molecular flexibility index (Phi) is 4.52. The van der Waals surface area contributed by atoms with Crippen LogP contribution in [-0.4, -0.2) is 23.3 Å². The van der Waals surface area contributed by atoms with Crippen molar-refractivity contribution in [3.8, 4) is 0 Å². The number of hydrogen-bond acceptors (Lipinski definition) is 5. The Morgan fingerprint density at radius 2 is 2.15 bits per heavy atom. The topological polar surface area (TPSA) is 56.3 Å². The number of rotatable bonds is 4. The summed E-state index contributed by atoms with van der Waals surface area (Å²) in [4.78, 5) is 28.3. The molecule has 0 unspecified atom stereocenters. The van der Waals surface area contributed by atoms with Gasteiger partial charge in [0.25, 0.3) is 0 Å². The number of ketones is 1. The SMILES string of the molecule is Cc1cc(C)c(C(=O)OCC(=O)c2cccs2)c(Cl)n1. The molecule has 0 saturated carbocycles. The number of Topliss-reactive ketones (excluding diaryl/α,β-unsaturated/α-hetero) is 1. The fraction of sp³-hybridized carbons (Fsp3) is 0.214. The predicted octanol–water partition coefficient (Wildman–Crippen LogP) is 3.45. The van der Waals surface area contributed by atoms with Gasteiger partial charge in [-0.25, -0.2) is 9.78 Å². The molecule has 2 aromatic heterocycles. The molecule has 0 atom stereocenters. The van der Waals surface area contributed by atoms with Gasteiger partial charge in [0.05, 0.1) is 10.4 Å². The molecule has 0 radical (unpaired) electrons. The molecule has 2 heterocycles. The molecule has 4 nitrogen and oxygen atoms in total. The van der Waals surface area contributed by atoms with Gasteiger partial charge in [-0.1, -0.05) is 17.7 Å². The number of carbonyl (C=O) groups is 2. The number of hydrogen-bond donors (Lipinski definition) is 0. The van der Waals surface area contributed by atoms with Crippen molar-refractivity contribution in [2.75, 3.05) is 6.61 Å². The summed E-state index contributed by atoms with van der Waals surface area (Å²) in [7, 11) is 0. The maximum Gasteiger partial charge on any atom is 0.342 e. The van der Waals surface area contributed by atoms with Crippen molar-refractivity contribution in [3.63, 3.8) is 0 Å². The van der Waals surface area contributed by atoms with Gasteiger partial charge in [-0.3, -0.25) is 4.79 Å². The number of aromatic nitrogens is 1. The van der Waals surface area contributed by atoms with Gasteiger partial charge in [-0.05, 0) is 36.9 Å². The van der Waals surface area contributed by atoms with Crippen molar-refractivity contribution < 1.29 is 14.3 Å². The first-order chi connectivity index (χ1) is 9.49. The normalized spacial score (nSPS) is 10.3. The second-order valence-corrected chi connectivity index (χ2v) is 5.53. The quantitative estimate of drug-likeness (QED) is 0.493. The molecule has 0 aliphatic rings. The average Bonchev–Trinajstić information content (AvgIpc) is 2.88. The predicted molar refractivity (Wildman–Crippen MR) is 77.7 cm³/mol. The lowest BCUT2D eigenvalue weighted by Gasteiger charge is -2.08. The Morgan fingerprint density at radius 1 is 1.40 bits per heavy atom. The van der Waals surface area contributed by atoms with Crippen LogP contribution in [0.2, 0.25) is 5.15 Å². The maximum atomic E-state index is 12.0. The number of carbonyl (C=O) groups excluding carboxylic acids is 2. The number of ether oxygens (including phenoxy) is 1. The third kappa shape index (κ3) is 3.23. The number of nitrogens with zero attached hydrogens (tertiary/aromatic N) is 1. The van der Waals surface area contributed by atoms with Crippen LogP contribution in [0.1, 0.15) is 31.3 Å². The van der Waals surface area contributed by atoms with E-state index in [9.17, 15) is 9.59 Å². The van der Waals surface area contributed by atoms with Crippen LogP contribution >= 0.6 is 22.9 Å². The average molecular weight is 310 g/mol. The van der Waals surface area contributed by atoms with E-state index in [-0.39, 0.29) is 23.1 Å². The van der Waals surface area contributed by atoms with Crippen LogP contribution in [0.25, 0.3) is 0 Å². The molecule has 2 aromatic rings. The van der Waals surface area contributed by atoms with E-state index in [0.29, 0.717) is 10.4 Å². The molecule has 0 aliphatic heterocycles. The van der Waals surface area contributed by atoms with Gasteiger partial charge in [0.15, 0.2) is 6.61 Å². The molecule has 6 heteroatoms. The molecule has 104 valence electrons. The minimum atomic E-state index is -0.634. The Labute approximate surface area is 125 Å². The van der Waals surface area contributed by atoms with Gasteiger partial charge >= 0.3 is 5.97 Å². The maximum absolute atomic E-state index is 12.0. The number of aryl methyl sites for hydroxylation is 2.